The molecule has 0 saturated carbocycles. The van der Waals surface area contributed by atoms with Crippen LogP contribution in [0.1, 0.15) is 57.1 Å². The zero-order valence-corrected chi connectivity index (χ0v) is 13.4. The molecule has 0 spiro atoms. The van der Waals surface area contributed by atoms with Crippen molar-refractivity contribution in [3.05, 3.63) is 41.1 Å². The van der Waals surface area contributed by atoms with Crippen LogP contribution in [0.2, 0.25) is 0 Å². The van der Waals surface area contributed by atoms with E-state index >= 15 is 0 Å². The SMILES string of the molecule is CC1=CN2CCc3cccc(c32)C1(C)CCCCCCO. The molecular formula is C19H27NO. The van der Waals surface area contributed by atoms with E-state index in [2.05, 4.69) is 43.1 Å². The van der Waals surface area contributed by atoms with Crippen molar-refractivity contribution in [3.63, 3.8) is 0 Å². The van der Waals surface area contributed by atoms with Crippen LogP contribution in [0.3, 0.4) is 0 Å². The zero-order chi connectivity index (χ0) is 14.9. The lowest BCUT2D eigenvalue weighted by atomic mass is 9.70. The Morgan fingerprint density at radius 1 is 1.19 bits per heavy atom. The van der Waals surface area contributed by atoms with Crippen molar-refractivity contribution in [2.45, 2.75) is 57.8 Å². The van der Waals surface area contributed by atoms with Crippen molar-refractivity contribution in [2.75, 3.05) is 18.1 Å². The van der Waals surface area contributed by atoms with Crippen molar-refractivity contribution in [1.82, 2.24) is 0 Å². The normalized spacial score (nSPS) is 23.2. The van der Waals surface area contributed by atoms with Gasteiger partial charge in [-0.1, -0.05) is 44.4 Å². The van der Waals surface area contributed by atoms with Gasteiger partial charge in [0.05, 0.1) is 0 Å². The van der Waals surface area contributed by atoms with Crippen molar-refractivity contribution in [1.29, 1.82) is 0 Å². The van der Waals surface area contributed by atoms with Crippen molar-refractivity contribution in [2.24, 2.45) is 0 Å². The molecule has 3 rings (SSSR count). The molecule has 2 aliphatic heterocycles. The van der Waals surface area contributed by atoms with E-state index in [0.29, 0.717) is 6.61 Å². The quantitative estimate of drug-likeness (QED) is 0.793. The van der Waals surface area contributed by atoms with Crippen LogP contribution in [0.5, 0.6) is 0 Å². The van der Waals surface area contributed by atoms with Crippen LogP contribution in [-0.2, 0) is 11.8 Å². The molecule has 0 fully saturated rings. The number of hydrogen-bond donors (Lipinski definition) is 1. The number of aliphatic hydroxyl groups is 1. The highest BCUT2D eigenvalue weighted by molar-refractivity contribution is 5.71. The molecule has 2 nitrogen and oxygen atoms in total. The summed E-state index contributed by atoms with van der Waals surface area (Å²) >= 11 is 0. The smallest absolute Gasteiger partial charge is 0.0480 e. The van der Waals surface area contributed by atoms with Gasteiger partial charge in [0.15, 0.2) is 0 Å². The summed E-state index contributed by atoms with van der Waals surface area (Å²) < 4.78 is 0. The Kier molecular flexibility index (Phi) is 4.08. The molecule has 1 aromatic carbocycles. The molecule has 21 heavy (non-hydrogen) atoms. The Bertz CT molecular complexity index is 548. The molecule has 2 aliphatic rings. The molecule has 2 heterocycles. The molecule has 1 unspecified atom stereocenters. The predicted octanol–water partition coefficient (Wildman–Crippen LogP) is 4.17. The maximum atomic E-state index is 8.89. The van der Waals surface area contributed by atoms with Gasteiger partial charge in [-0.2, -0.15) is 0 Å². The maximum absolute atomic E-state index is 8.89. The van der Waals surface area contributed by atoms with E-state index in [0.717, 1.165) is 19.4 Å². The third kappa shape index (κ3) is 2.50. The highest BCUT2D eigenvalue weighted by Crippen LogP contribution is 2.48. The maximum Gasteiger partial charge on any atom is 0.0480 e. The molecule has 0 saturated heterocycles. The predicted molar refractivity (Wildman–Crippen MR) is 88.8 cm³/mol. The van der Waals surface area contributed by atoms with Gasteiger partial charge in [-0.15, -0.1) is 0 Å². The molecule has 0 amide bonds. The van der Waals surface area contributed by atoms with Crippen LogP contribution in [0, 0.1) is 0 Å². The fraction of sp³-hybridized carbons (Fsp3) is 0.579. The standard InChI is InChI=1S/C19H27NO/c1-15-14-20-12-10-16-8-7-9-17(18(16)20)19(15,2)11-5-3-4-6-13-21/h7-9,14,21H,3-6,10-13H2,1-2H3. The first kappa shape index (κ1) is 14.6. The van der Waals surface area contributed by atoms with Gasteiger partial charge in [-0.05, 0) is 42.9 Å². The second kappa shape index (κ2) is 5.84. The summed E-state index contributed by atoms with van der Waals surface area (Å²) in [4.78, 5) is 2.45. The van der Waals surface area contributed by atoms with Gasteiger partial charge < -0.3 is 10.0 Å². The first-order valence-corrected chi connectivity index (χ1v) is 8.35. The van der Waals surface area contributed by atoms with Crippen LogP contribution in [-0.4, -0.2) is 18.3 Å². The van der Waals surface area contributed by atoms with E-state index in [4.69, 9.17) is 5.11 Å². The number of unbranched alkanes of at least 4 members (excludes halogenated alkanes) is 3. The van der Waals surface area contributed by atoms with Gasteiger partial charge in [0.1, 0.15) is 0 Å². The fourth-order valence-electron chi connectivity index (χ4n) is 3.92. The van der Waals surface area contributed by atoms with Gasteiger partial charge in [0.2, 0.25) is 0 Å². The van der Waals surface area contributed by atoms with Gasteiger partial charge in [-0.3, -0.25) is 0 Å². The largest absolute Gasteiger partial charge is 0.396 e. The van der Waals surface area contributed by atoms with E-state index in [1.54, 1.807) is 0 Å². The Morgan fingerprint density at radius 2 is 2.00 bits per heavy atom. The van der Waals surface area contributed by atoms with Gasteiger partial charge in [-0.25, -0.2) is 0 Å². The highest BCUT2D eigenvalue weighted by atomic mass is 16.2. The Balaban J connectivity index is 1.81. The summed E-state index contributed by atoms with van der Waals surface area (Å²) in [6.07, 6.45) is 9.33. The number of nitrogens with zero attached hydrogens (tertiary/aromatic N) is 1. The first-order chi connectivity index (χ1) is 10.2. The minimum atomic E-state index is 0.186. The lowest BCUT2D eigenvalue weighted by Crippen LogP contribution is -2.32. The number of anilines is 1. The number of hydrogen-bond acceptors (Lipinski definition) is 2. The average molecular weight is 285 g/mol. The lowest BCUT2D eigenvalue weighted by Gasteiger charge is -2.39. The Morgan fingerprint density at radius 3 is 2.81 bits per heavy atom. The topological polar surface area (TPSA) is 23.5 Å². The molecule has 114 valence electrons. The molecule has 0 radical (unpaired) electrons. The Labute approximate surface area is 128 Å². The molecule has 1 atom stereocenters. The van der Waals surface area contributed by atoms with Crippen LogP contribution in [0.15, 0.2) is 30.0 Å². The summed E-state index contributed by atoms with van der Waals surface area (Å²) in [7, 11) is 0. The van der Waals surface area contributed by atoms with Gasteiger partial charge in [0, 0.05) is 30.5 Å². The lowest BCUT2D eigenvalue weighted by molar-refractivity contribution is 0.281. The van der Waals surface area contributed by atoms with E-state index in [1.807, 2.05) is 0 Å². The van der Waals surface area contributed by atoms with Crippen molar-refractivity contribution < 1.29 is 5.11 Å². The van der Waals surface area contributed by atoms with Crippen LogP contribution in [0.4, 0.5) is 5.69 Å². The van der Waals surface area contributed by atoms with Gasteiger partial charge in [0.25, 0.3) is 0 Å². The van der Waals surface area contributed by atoms with E-state index < -0.39 is 0 Å². The summed E-state index contributed by atoms with van der Waals surface area (Å²) in [6, 6.07) is 6.86. The third-order valence-corrected chi connectivity index (χ3v) is 5.43. The summed E-state index contributed by atoms with van der Waals surface area (Å²) in [6.45, 7) is 6.17. The minimum Gasteiger partial charge on any atom is -0.396 e. The van der Waals surface area contributed by atoms with Gasteiger partial charge >= 0.3 is 0 Å². The first-order valence-electron chi connectivity index (χ1n) is 8.35. The summed E-state index contributed by atoms with van der Waals surface area (Å²) in [5.74, 6) is 0. The second-order valence-corrected chi connectivity index (χ2v) is 6.79. The third-order valence-electron chi connectivity index (χ3n) is 5.43. The molecule has 1 N–H and O–H groups in total. The molecule has 0 aliphatic carbocycles. The summed E-state index contributed by atoms with van der Waals surface area (Å²) in [5, 5.41) is 8.89. The van der Waals surface area contributed by atoms with E-state index in [9.17, 15) is 0 Å². The number of aliphatic hydroxyl groups excluding tert-OH is 1. The zero-order valence-electron chi connectivity index (χ0n) is 13.4. The molecule has 0 bridgehead atoms. The highest BCUT2D eigenvalue weighted by Gasteiger charge is 2.37. The number of rotatable bonds is 6. The molecular weight excluding hydrogens is 258 g/mol. The van der Waals surface area contributed by atoms with E-state index in [-0.39, 0.29) is 5.41 Å². The second-order valence-electron chi connectivity index (χ2n) is 6.79. The average Bonchev–Trinajstić information content (AvgIpc) is 2.89. The summed E-state index contributed by atoms with van der Waals surface area (Å²) in [5.41, 5.74) is 6.21. The van der Waals surface area contributed by atoms with Crippen molar-refractivity contribution in [3.8, 4) is 0 Å². The van der Waals surface area contributed by atoms with Crippen LogP contribution in [0.25, 0.3) is 0 Å². The molecule has 2 heteroatoms. The van der Waals surface area contributed by atoms with E-state index in [1.165, 1.54) is 48.1 Å². The fourth-order valence-corrected chi connectivity index (χ4v) is 3.92. The van der Waals surface area contributed by atoms with Crippen molar-refractivity contribution >= 4 is 5.69 Å². The number of allylic oxidation sites excluding steroid dienone is 1. The molecule has 1 aromatic rings. The monoisotopic (exact) mass is 285 g/mol. The number of para-hydroxylation sites is 1. The van der Waals surface area contributed by atoms with Crippen LogP contribution >= 0.6 is 0 Å². The minimum absolute atomic E-state index is 0.186. The number of benzene rings is 1. The Hall–Kier alpha value is -1.28. The molecule has 0 aromatic heterocycles. The van der Waals surface area contributed by atoms with Crippen LogP contribution < -0.4 is 4.90 Å².